The lowest BCUT2D eigenvalue weighted by atomic mass is 9.58. The monoisotopic (exact) mass is 550 g/mol. The number of hydrogen-bond acceptors (Lipinski definition) is 5. The summed E-state index contributed by atoms with van der Waals surface area (Å²) in [5, 5.41) is 8.54. The molecule has 3 fully saturated rings. The summed E-state index contributed by atoms with van der Waals surface area (Å²) < 4.78 is 44.7. The van der Waals surface area contributed by atoms with Gasteiger partial charge in [0, 0.05) is 44.8 Å². The maximum absolute atomic E-state index is 14.2. The van der Waals surface area contributed by atoms with Crippen molar-refractivity contribution in [3.05, 3.63) is 89.7 Å². The summed E-state index contributed by atoms with van der Waals surface area (Å²) in [4.78, 5) is 5.61. The van der Waals surface area contributed by atoms with Crippen LogP contribution in [0.25, 0.3) is 0 Å². The van der Waals surface area contributed by atoms with Gasteiger partial charge in [-0.05, 0) is 66.4 Å². The lowest BCUT2D eigenvalue weighted by Crippen LogP contribution is -2.49. The van der Waals surface area contributed by atoms with E-state index in [9.17, 15) is 13.2 Å². The van der Waals surface area contributed by atoms with Crippen LogP contribution < -0.4 is 4.90 Å². The summed E-state index contributed by atoms with van der Waals surface area (Å²) in [6, 6.07) is 8.04. The van der Waals surface area contributed by atoms with Crippen molar-refractivity contribution in [1.29, 1.82) is 0 Å². The molecule has 0 atom stereocenters. The molecule has 0 N–H and O–H groups in total. The average Bonchev–Trinajstić information content (AvgIpc) is 3.46. The molecule has 0 bridgehead atoms. The Labute approximate surface area is 234 Å². The maximum atomic E-state index is 14.2. The number of benzene rings is 1. The molecule has 6 nitrogen and oxygen atoms in total. The molecule has 7 rings (SSSR count). The number of anilines is 1. The van der Waals surface area contributed by atoms with E-state index in [4.69, 9.17) is 0 Å². The number of aryl methyl sites for hydroxylation is 1. The van der Waals surface area contributed by atoms with Gasteiger partial charge in [0.1, 0.15) is 18.0 Å². The van der Waals surface area contributed by atoms with Crippen LogP contribution in [-0.2, 0) is 12.5 Å². The molecule has 2 aliphatic carbocycles. The van der Waals surface area contributed by atoms with Crippen molar-refractivity contribution in [2.75, 3.05) is 24.5 Å². The maximum Gasteiger partial charge on any atom is 0.418 e. The predicted molar refractivity (Wildman–Crippen MR) is 150 cm³/mol. The second-order valence-electron chi connectivity index (χ2n) is 12.0. The van der Waals surface area contributed by atoms with Crippen LogP contribution in [0.1, 0.15) is 57.8 Å². The van der Waals surface area contributed by atoms with Crippen molar-refractivity contribution < 1.29 is 13.2 Å². The lowest BCUT2D eigenvalue weighted by molar-refractivity contribution is -0.0909. The van der Waals surface area contributed by atoms with Gasteiger partial charge < -0.3 is 14.4 Å². The van der Waals surface area contributed by atoms with Crippen molar-refractivity contribution in [3.63, 3.8) is 0 Å². The number of halogens is 3. The third kappa shape index (κ3) is 4.29. The smallest absolute Gasteiger partial charge is 0.320 e. The zero-order chi connectivity index (χ0) is 28.4. The largest absolute Gasteiger partial charge is 0.418 e. The number of likely N-dealkylation sites (tertiary alicyclic amines) is 1. The van der Waals surface area contributed by atoms with Gasteiger partial charge in [0.05, 0.1) is 16.7 Å². The van der Waals surface area contributed by atoms with Crippen molar-refractivity contribution >= 4 is 5.69 Å². The summed E-state index contributed by atoms with van der Waals surface area (Å²) >= 11 is 0. The Kier molecular flexibility index (Phi) is 6.29. The highest BCUT2D eigenvalue weighted by Gasteiger charge is 2.52. The van der Waals surface area contributed by atoms with E-state index in [2.05, 4.69) is 40.7 Å². The van der Waals surface area contributed by atoms with Crippen LogP contribution >= 0.6 is 0 Å². The van der Waals surface area contributed by atoms with E-state index in [0.717, 1.165) is 43.0 Å². The number of nitrogens with zero attached hydrogens (tertiary/aromatic N) is 6. The van der Waals surface area contributed by atoms with Crippen molar-refractivity contribution in [2.24, 2.45) is 18.4 Å². The molecule has 2 saturated carbocycles. The Morgan fingerprint density at radius 2 is 1.80 bits per heavy atom. The molecule has 0 unspecified atom stereocenters. The molecule has 4 heterocycles. The number of fused-ring (bicyclic) bond motifs is 1. The van der Waals surface area contributed by atoms with Gasteiger partial charge in [0.15, 0.2) is 0 Å². The van der Waals surface area contributed by atoms with E-state index >= 15 is 0 Å². The fraction of sp³-hybridized carbons (Fsp3) is 0.484. The van der Waals surface area contributed by atoms with Gasteiger partial charge >= 0.3 is 6.18 Å². The quantitative estimate of drug-likeness (QED) is 0.427. The first-order valence-corrected chi connectivity index (χ1v) is 14.2. The first-order valence-electron chi connectivity index (χ1n) is 14.2. The third-order valence-corrected chi connectivity index (χ3v) is 8.96. The van der Waals surface area contributed by atoms with Crippen LogP contribution in [0.2, 0.25) is 0 Å². The van der Waals surface area contributed by atoms with Crippen LogP contribution in [0.4, 0.5) is 18.9 Å². The highest BCUT2D eigenvalue weighted by atomic mass is 19.4. The minimum Gasteiger partial charge on any atom is -0.320 e. The summed E-state index contributed by atoms with van der Waals surface area (Å²) in [5.74, 6) is 1.96. The van der Waals surface area contributed by atoms with Gasteiger partial charge in [0.2, 0.25) is 0 Å². The second-order valence-corrected chi connectivity index (χ2v) is 12.0. The molecule has 0 amide bonds. The Hall–Kier alpha value is -3.33. The fourth-order valence-electron chi connectivity index (χ4n) is 6.97. The molecule has 5 aliphatic rings. The predicted octanol–water partition coefficient (Wildman–Crippen LogP) is 6.47. The molecule has 0 radical (unpaired) electrons. The Morgan fingerprint density at radius 1 is 1.07 bits per heavy atom. The number of hydrogen-bond donors (Lipinski definition) is 0. The first kappa shape index (κ1) is 26.9. The van der Waals surface area contributed by atoms with Crippen molar-refractivity contribution in [2.45, 2.75) is 58.0 Å². The molecular formula is C31H37F3N6. The van der Waals surface area contributed by atoms with E-state index in [1.807, 2.05) is 43.8 Å². The van der Waals surface area contributed by atoms with Crippen LogP contribution in [0.5, 0.6) is 0 Å². The van der Waals surface area contributed by atoms with Gasteiger partial charge in [-0.2, -0.15) is 13.2 Å². The van der Waals surface area contributed by atoms with E-state index in [0.29, 0.717) is 29.3 Å². The molecule has 1 spiro atoms. The summed E-state index contributed by atoms with van der Waals surface area (Å²) in [6.45, 7) is 12.9. The standard InChI is InChI=1S/C29H31F3N6.C2H6/c1-19-11-28(12-19,26-34-33-18-35(26)3)22-5-4-6-23(10-22)37-15-25-24(29(30,31)32)9-21(14-38(25)20(37)2)13-36-16-27(17-36)7-8-27;1-2/h4-6,9-10,14-15,18-19H,2,7-8,11-13,16-17H2,1,3H3;1-2H3. The van der Waals surface area contributed by atoms with Crippen LogP contribution in [0, 0.1) is 11.3 Å². The Morgan fingerprint density at radius 3 is 2.40 bits per heavy atom. The van der Waals surface area contributed by atoms with Crippen LogP contribution in [0.15, 0.2) is 78.3 Å². The normalized spacial score (nSPS) is 26.7. The molecule has 212 valence electrons. The molecule has 9 heteroatoms. The molecule has 2 aromatic rings. The van der Waals surface area contributed by atoms with Gasteiger partial charge in [-0.3, -0.25) is 4.90 Å². The topological polar surface area (TPSA) is 40.4 Å². The number of aromatic nitrogens is 3. The van der Waals surface area contributed by atoms with Gasteiger partial charge in [-0.1, -0.05) is 39.5 Å². The van der Waals surface area contributed by atoms with Gasteiger partial charge in [-0.15, -0.1) is 10.2 Å². The number of allylic oxidation sites excluding steroid dienone is 1. The van der Waals surface area contributed by atoms with E-state index in [1.54, 1.807) is 22.3 Å². The summed E-state index contributed by atoms with van der Waals surface area (Å²) in [6.07, 6.45) is 6.32. The molecule has 3 aliphatic heterocycles. The van der Waals surface area contributed by atoms with Crippen LogP contribution in [0.3, 0.4) is 0 Å². The van der Waals surface area contributed by atoms with Crippen molar-refractivity contribution in [1.82, 2.24) is 24.6 Å². The number of alkyl halides is 3. The molecular weight excluding hydrogens is 513 g/mol. The minimum atomic E-state index is -4.47. The zero-order valence-corrected chi connectivity index (χ0v) is 23.7. The van der Waals surface area contributed by atoms with E-state index in [-0.39, 0.29) is 11.1 Å². The minimum absolute atomic E-state index is 0.110. The Bertz CT molecular complexity index is 1410. The van der Waals surface area contributed by atoms with E-state index < -0.39 is 11.7 Å². The van der Waals surface area contributed by atoms with Gasteiger partial charge in [-0.25, -0.2) is 0 Å². The van der Waals surface area contributed by atoms with Gasteiger partial charge in [0.25, 0.3) is 0 Å². The SMILES string of the molecule is C=C1N2C=C(CN3CC4(CC4)C3)C=C(C(F)(F)F)C2=CN1c1cccc(C2(c3nncn3C)CC(C)C2)c1.CC. The summed E-state index contributed by atoms with van der Waals surface area (Å²) in [7, 11) is 1.95. The molecule has 40 heavy (non-hydrogen) atoms. The average molecular weight is 551 g/mol. The zero-order valence-electron chi connectivity index (χ0n) is 23.7. The van der Waals surface area contributed by atoms with Crippen LogP contribution in [-0.4, -0.2) is 50.4 Å². The Balaban J connectivity index is 0.00000142. The summed E-state index contributed by atoms with van der Waals surface area (Å²) in [5.41, 5.74) is 2.21. The highest BCUT2D eigenvalue weighted by molar-refractivity contribution is 5.65. The second kappa shape index (κ2) is 9.36. The third-order valence-electron chi connectivity index (χ3n) is 8.96. The van der Waals surface area contributed by atoms with Crippen molar-refractivity contribution in [3.8, 4) is 0 Å². The highest BCUT2D eigenvalue weighted by Crippen LogP contribution is 2.54. The molecule has 1 saturated heterocycles. The molecule has 1 aromatic heterocycles. The first-order chi connectivity index (χ1) is 19.1. The number of rotatable bonds is 5. The lowest BCUT2D eigenvalue weighted by Gasteiger charge is -2.46. The van der Waals surface area contributed by atoms with E-state index in [1.165, 1.54) is 18.9 Å². The molecule has 1 aromatic carbocycles. The fourth-order valence-corrected chi connectivity index (χ4v) is 6.97.